The molecule has 2 heterocycles. The highest BCUT2D eigenvalue weighted by Crippen LogP contribution is 2.33. The number of fused-ring (bicyclic) bond motifs is 1. The van der Waals surface area contributed by atoms with Gasteiger partial charge >= 0.3 is 0 Å². The molecule has 1 aliphatic carbocycles. The number of hydrogen-bond donors (Lipinski definition) is 1. The maximum Gasteiger partial charge on any atom is 0.154 e. The normalized spacial score (nSPS) is 25.9. The van der Waals surface area contributed by atoms with Crippen LogP contribution in [0.15, 0.2) is 0 Å². The van der Waals surface area contributed by atoms with Crippen molar-refractivity contribution in [3.05, 3.63) is 11.6 Å². The van der Waals surface area contributed by atoms with Gasteiger partial charge in [-0.1, -0.05) is 12.8 Å². The first-order valence-electron chi connectivity index (χ1n) is 6.41. The van der Waals surface area contributed by atoms with Crippen molar-refractivity contribution in [3.8, 4) is 0 Å². The third-order valence-electron chi connectivity index (χ3n) is 3.96. The van der Waals surface area contributed by atoms with Crippen molar-refractivity contribution < 1.29 is 5.11 Å². The van der Waals surface area contributed by atoms with Gasteiger partial charge in [0.05, 0.1) is 0 Å². The van der Waals surface area contributed by atoms with E-state index in [0.717, 1.165) is 31.0 Å². The van der Waals surface area contributed by atoms with Gasteiger partial charge in [-0.15, -0.1) is 0 Å². The minimum atomic E-state index is 0.283. The maximum atomic E-state index is 9.18. The first-order chi connectivity index (χ1) is 7.86. The smallest absolute Gasteiger partial charge is 0.154 e. The van der Waals surface area contributed by atoms with E-state index < -0.39 is 0 Å². The van der Waals surface area contributed by atoms with Gasteiger partial charge < -0.3 is 5.11 Å². The molecule has 0 bridgehead atoms. The first kappa shape index (κ1) is 10.3. The Labute approximate surface area is 95.7 Å². The van der Waals surface area contributed by atoms with Crippen LogP contribution in [0.25, 0.3) is 0 Å². The zero-order valence-corrected chi connectivity index (χ0v) is 9.60. The topological polar surface area (TPSA) is 50.9 Å². The fourth-order valence-electron chi connectivity index (χ4n) is 2.90. The van der Waals surface area contributed by atoms with Crippen molar-refractivity contribution in [1.29, 1.82) is 0 Å². The van der Waals surface area contributed by atoms with Gasteiger partial charge in [-0.25, -0.2) is 9.67 Å². The zero-order chi connectivity index (χ0) is 11.0. The third kappa shape index (κ3) is 1.75. The summed E-state index contributed by atoms with van der Waals surface area (Å²) in [4.78, 5) is 4.67. The molecule has 1 N–H and O–H groups in total. The van der Waals surface area contributed by atoms with Gasteiger partial charge in [0.25, 0.3) is 0 Å². The lowest BCUT2D eigenvalue weighted by Gasteiger charge is -2.19. The molecule has 4 heteroatoms. The monoisotopic (exact) mass is 221 g/mol. The summed E-state index contributed by atoms with van der Waals surface area (Å²) in [5.41, 5.74) is 0. The van der Waals surface area contributed by atoms with E-state index in [-0.39, 0.29) is 6.61 Å². The Kier molecular flexibility index (Phi) is 2.67. The quantitative estimate of drug-likeness (QED) is 0.823. The van der Waals surface area contributed by atoms with Crippen molar-refractivity contribution in [3.63, 3.8) is 0 Å². The van der Waals surface area contributed by atoms with Crippen molar-refractivity contribution in [1.82, 2.24) is 14.8 Å². The number of nitrogens with zero attached hydrogens (tertiary/aromatic N) is 3. The molecule has 1 fully saturated rings. The van der Waals surface area contributed by atoms with Crippen LogP contribution in [0.5, 0.6) is 0 Å². The first-order valence-corrected chi connectivity index (χ1v) is 6.41. The second-order valence-corrected chi connectivity index (χ2v) is 5.13. The average Bonchev–Trinajstić information content (AvgIpc) is 2.96. The van der Waals surface area contributed by atoms with E-state index >= 15 is 0 Å². The number of aliphatic hydroxyl groups excluding tert-OH is 1. The average molecular weight is 221 g/mol. The third-order valence-corrected chi connectivity index (χ3v) is 3.96. The predicted octanol–water partition coefficient (Wildman–Crippen LogP) is 1.49. The van der Waals surface area contributed by atoms with Gasteiger partial charge in [-0.2, -0.15) is 5.10 Å². The van der Waals surface area contributed by atoms with Crippen LogP contribution < -0.4 is 0 Å². The Morgan fingerprint density at radius 3 is 2.81 bits per heavy atom. The Bertz CT molecular complexity index is 368. The van der Waals surface area contributed by atoms with E-state index in [1.54, 1.807) is 0 Å². The predicted molar refractivity (Wildman–Crippen MR) is 60.1 cm³/mol. The Balaban J connectivity index is 1.80. The summed E-state index contributed by atoms with van der Waals surface area (Å²) in [6, 6.07) is 0. The highest BCUT2D eigenvalue weighted by atomic mass is 16.3. The van der Waals surface area contributed by atoms with Gasteiger partial charge in [-0.05, 0) is 25.2 Å². The van der Waals surface area contributed by atoms with Crippen molar-refractivity contribution in [2.45, 2.75) is 51.0 Å². The molecule has 1 aromatic rings. The number of aromatic nitrogens is 3. The molecule has 1 aliphatic heterocycles. The molecule has 88 valence electrons. The lowest BCUT2D eigenvalue weighted by molar-refractivity contribution is 0.196. The molecule has 0 amide bonds. The molecule has 1 unspecified atom stereocenters. The molecule has 16 heavy (non-hydrogen) atoms. The molecule has 4 nitrogen and oxygen atoms in total. The van der Waals surface area contributed by atoms with Gasteiger partial charge in [0, 0.05) is 25.5 Å². The van der Waals surface area contributed by atoms with Gasteiger partial charge in [0.2, 0.25) is 0 Å². The molecular formula is C12H19N3O. The van der Waals surface area contributed by atoms with E-state index in [1.807, 2.05) is 0 Å². The maximum absolute atomic E-state index is 9.18. The van der Waals surface area contributed by atoms with E-state index in [9.17, 15) is 5.11 Å². The molecule has 1 saturated carbocycles. The second kappa shape index (κ2) is 4.17. The molecule has 0 radical (unpaired) electrons. The van der Waals surface area contributed by atoms with Crippen LogP contribution in [0.3, 0.4) is 0 Å². The SMILES string of the molecule is OCC1CCn2nc(C3CCCC3)nc2C1. The van der Waals surface area contributed by atoms with E-state index in [1.165, 1.54) is 25.7 Å². The van der Waals surface area contributed by atoms with Crippen LogP contribution in [0.4, 0.5) is 0 Å². The van der Waals surface area contributed by atoms with Gasteiger partial charge in [-0.3, -0.25) is 0 Å². The second-order valence-electron chi connectivity index (χ2n) is 5.13. The fraction of sp³-hybridized carbons (Fsp3) is 0.833. The Hall–Kier alpha value is -0.900. The van der Waals surface area contributed by atoms with Crippen LogP contribution >= 0.6 is 0 Å². The molecule has 2 aliphatic rings. The summed E-state index contributed by atoms with van der Waals surface area (Å²) < 4.78 is 2.06. The number of aryl methyl sites for hydroxylation is 1. The fourth-order valence-corrected chi connectivity index (χ4v) is 2.90. The minimum Gasteiger partial charge on any atom is -0.396 e. The molecule has 0 aromatic carbocycles. The summed E-state index contributed by atoms with van der Waals surface area (Å²) in [7, 11) is 0. The minimum absolute atomic E-state index is 0.283. The van der Waals surface area contributed by atoms with Gasteiger partial charge in [0.1, 0.15) is 5.82 Å². The van der Waals surface area contributed by atoms with Crippen LogP contribution in [-0.4, -0.2) is 26.5 Å². The Morgan fingerprint density at radius 2 is 2.06 bits per heavy atom. The zero-order valence-electron chi connectivity index (χ0n) is 9.60. The summed E-state index contributed by atoms with van der Waals surface area (Å²) in [5.74, 6) is 3.15. The molecule has 1 atom stereocenters. The molecule has 3 rings (SSSR count). The van der Waals surface area contributed by atoms with Crippen molar-refractivity contribution >= 4 is 0 Å². The Morgan fingerprint density at radius 1 is 1.25 bits per heavy atom. The van der Waals surface area contributed by atoms with E-state index in [4.69, 9.17) is 0 Å². The number of rotatable bonds is 2. The lowest BCUT2D eigenvalue weighted by Crippen LogP contribution is -2.22. The molecular weight excluding hydrogens is 202 g/mol. The molecule has 0 saturated heterocycles. The van der Waals surface area contributed by atoms with Crippen molar-refractivity contribution in [2.75, 3.05) is 6.61 Å². The van der Waals surface area contributed by atoms with Crippen LogP contribution in [0.2, 0.25) is 0 Å². The lowest BCUT2D eigenvalue weighted by atomic mass is 9.99. The molecule has 1 aromatic heterocycles. The van der Waals surface area contributed by atoms with E-state index in [2.05, 4.69) is 14.8 Å². The number of hydrogen-bond acceptors (Lipinski definition) is 3. The largest absolute Gasteiger partial charge is 0.396 e. The summed E-state index contributed by atoms with van der Waals surface area (Å²) in [6.07, 6.45) is 7.11. The highest BCUT2D eigenvalue weighted by Gasteiger charge is 2.26. The van der Waals surface area contributed by atoms with Crippen molar-refractivity contribution in [2.24, 2.45) is 5.92 Å². The van der Waals surface area contributed by atoms with E-state index in [0.29, 0.717) is 11.8 Å². The van der Waals surface area contributed by atoms with Crippen LogP contribution in [0, 0.1) is 5.92 Å². The standard InChI is InChI=1S/C12H19N3O/c16-8-9-5-6-15-11(7-9)13-12(14-15)10-3-1-2-4-10/h9-10,16H,1-8H2. The van der Waals surface area contributed by atoms with Crippen LogP contribution in [-0.2, 0) is 13.0 Å². The van der Waals surface area contributed by atoms with Crippen LogP contribution in [0.1, 0.15) is 49.7 Å². The summed E-state index contributed by atoms with van der Waals surface area (Å²) in [6.45, 7) is 1.21. The molecule has 0 spiro atoms. The van der Waals surface area contributed by atoms with Gasteiger partial charge in [0.15, 0.2) is 5.82 Å². The highest BCUT2D eigenvalue weighted by molar-refractivity contribution is 5.03. The summed E-state index contributed by atoms with van der Waals surface area (Å²) >= 11 is 0. The summed E-state index contributed by atoms with van der Waals surface area (Å²) in [5, 5.41) is 13.8. The number of aliphatic hydroxyl groups is 1.